The van der Waals surface area contributed by atoms with E-state index >= 15 is 0 Å². The molecule has 4 saturated carbocycles. The second-order valence-corrected chi connectivity index (χ2v) is 15.9. The lowest BCUT2D eigenvalue weighted by Gasteiger charge is -2.58. The van der Waals surface area contributed by atoms with Crippen LogP contribution in [0.1, 0.15) is 44.1 Å². The third-order valence-electron chi connectivity index (χ3n) is 12.6. The van der Waals surface area contributed by atoms with Gasteiger partial charge in [0.15, 0.2) is 11.6 Å². The van der Waals surface area contributed by atoms with E-state index < -0.39 is 0 Å². The minimum Gasteiger partial charge on any atom is -0.278 e. The van der Waals surface area contributed by atoms with Crippen LogP contribution < -0.4 is 0 Å². The van der Waals surface area contributed by atoms with E-state index in [1.54, 1.807) is 0 Å². The van der Waals surface area contributed by atoms with Crippen LogP contribution >= 0.6 is 0 Å². The Morgan fingerprint density at radius 1 is 0.434 bits per heavy atom. The summed E-state index contributed by atoms with van der Waals surface area (Å²) in [6.45, 7) is 0. The molecule has 0 spiro atoms. The average Bonchev–Trinajstić information content (AvgIpc) is 3.55. The third kappa shape index (κ3) is 5.07. The molecule has 4 bridgehead atoms. The zero-order valence-corrected chi connectivity index (χ0v) is 29.7. The van der Waals surface area contributed by atoms with Gasteiger partial charge in [-0.3, -0.25) is 4.57 Å². The Morgan fingerprint density at radius 2 is 0.849 bits per heavy atom. The lowest BCUT2D eigenvalue weighted by atomic mass is 9.47. The Kier molecular flexibility index (Phi) is 7.01. The maximum absolute atomic E-state index is 5.40. The number of fused-ring (bicyclic) bond motifs is 3. The van der Waals surface area contributed by atoms with E-state index in [9.17, 15) is 0 Å². The number of nitrogens with zero attached hydrogens (tertiary/aromatic N) is 4. The van der Waals surface area contributed by atoms with Crippen molar-refractivity contribution in [2.75, 3.05) is 0 Å². The maximum Gasteiger partial charge on any atom is 0.238 e. The molecule has 256 valence electrons. The molecule has 53 heavy (non-hydrogen) atoms. The lowest BCUT2D eigenvalue weighted by Crippen LogP contribution is -2.49. The number of aromatic nitrogens is 4. The zero-order chi connectivity index (χ0) is 34.9. The van der Waals surface area contributed by atoms with Gasteiger partial charge in [0.1, 0.15) is 0 Å². The van der Waals surface area contributed by atoms with Gasteiger partial charge >= 0.3 is 0 Å². The molecular weight excluding hydrogens is 645 g/mol. The highest BCUT2D eigenvalue weighted by atomic mass is 15.2. The minimum atomic E-state index is 0.173. The average molecular weight is 685 g/mol. The van der Waals surface area contributed by atoms with Crippen molar-refractivity contribution < 1.29 is 0 Å². The molecular formula is C49H40N4. The van der Waals surface area contributed by atoms with E-state index in [0.29, 0.717) is 17.6 Å². The van der Waals surface area contributed by atoms with Crippen LogP contribution in [-0.4, -0.2) is 19.5 Å². The Balaban J connectivity index is 1.21. The molecule has 0 radical (unpaired) electrons. The van der Waals surface area contributed by atoms with E-state index in [2.05, 4.69) is 150 Å². The summed E-state index contributed by atoms with van der Waals surface area (Å²) in [5, 5.41) is 2.37. The highest BCUT2D eigenvalue weighted by Crippen LogP contribution is 2.63. The number of hydrogen-bond acceptors (Lipinski definition) is 3. The number of para-hydroxylation sites is 2. The molecule has 0 N–H and O–H groups in total. The molecule has 0 amide bonds. The number of benzene rings is 6. The summed E-state index contributed by atoms with van der Waals surface area (Å²) in [6.07, 6.45) is 8.12. The van der Waals surface area contributed by atoms with Crippen LogP contribution in [-0.2, 0) is 5.41 Å². The van der Waals surface area contributed by atoms with Crippen molar-refractivity contribution in [3.05, 3.63) is 157 Å². The van der Waals surface area contributed by atoms with Crippen LogP contribution in [0.3, 0.4) is 0 Å². The van der Waals surface area contributed by atoms with Gasteiger partial charge < -0.3 is 0 Å². The van der Waals surface area contributed by atoms with E-state index in [1.807, 2.05) is 6.07 Å². The Labute approximate surface area is 310 Å². The number of rotatable bonds is 6. The largest absolute Gasteiger partial charge is 0.278 e. The predicted molar refractivity (Wildman–Crippen MR) is 216 cm³/mol. The molecule has 8 aromatic rings. The summed E-state index contributed by atoms with van der Waals surface area (Å²) in [4.78, 5) is 15.9. The normalized spacial score (nSPS) is 21.8. The molecule has 0 aliphatic heterocycles. The molecule has 2 aromatic heterocycles. The lowest BCUT2D eigenvalue weighted by molar-refractivity contribution is -0.00465. The predicted octanol–water partition coefficient (Wildman–Crippen LogP) is 12.1. The first-order valence-corrected chi connectivity index (χ1v) is 19.3. The van der Waals surface area contributed by atoms with E-state index in [4.69, 9.17) is 15.0 Å². The molecule has 4 heteroatoms. The Morgan fingerprint density at radius 3 is 1.34 bits per heavy atom. The molecule has 0 atom stereocenters. The first-order chi connectivity index (χ1) is 26.2. The van der Waals surface area contributed by atoms with Crippen molar-refractivity contribution in [3.8, 4) is 51.0 Å². The van der Waals surface area contributed by atoms with Gasteiger partial charge in [0.2, 0.25) is 5.95 Å². The van der Waals surface area contributed by atoms with Crippen molar-refractivity contribution in [1.29, 1.82) is 0 Å². The fraction of sp³-hybridized carbons (Fsp3) is 0.204. The zero-order valence-electron chi connectivity index (χ0n) is 29.7. The van der Waals surface area contributed by atoms with Gasteiger partial charge in [-0.1, -0.05) is 127 Å². The van der Waals surface area contributed by atoms with Gasteiger partial charge in [0.05, 0.1) is 11.0 Å². The summed E-state index contributed by atoms with van der Waals surface area (Å²) in [5.74, 6) is 4.47. The van der Waals surface area contributed by atoms with E-state index in [-0.39, 0.29) is 5.41 Å². The standard InChI is InChI=1S/C49H40N4/c1-4-14-35(15-5-1)41-27-38(28-42(36-16-6-2-7-17-36)45(41)49-29-32-24-33(30-49)26-34(25-32)31-49)47-50-46(37-18-8-3-9-19-37)51-48(52-47)53-43-22-12-10-20-39(43)40-21-11-13-23-44(40)53/h1-23,27-28,32-34H,24-26,29-31H2. The van der Waals surface area contributed by atoms with Crippen molar-refractivity contribution in [2.45, 2.75) is 43.9 Å². The fourth-order valence-corrected chi connectivity index (χ4v) is 10.9. The maximum atomic E-state index is 5.40. The van der Waals surface area contributed by atoms with Crippen LogP contribution in [0.4, 0.5) is 0 Å². The second-order valence-electron chi connectivity index (χ2n) is 15.9. The van der Waals surface area contributed by atoms with Gasteiger partial charge in [-0.05, 0) is 114 Å². The monoisotopic (exact) mass is 684 g/mol. The summed E-state index contributed by atoms with van der Waals surface area (Å²) in [7, 11) is 0. The van der Waals surface area contributed by atoms with Gasteiger partial charge in [-0.15, -0.1) is 0 Å². The van der Waals surface area contributed by atoms with Crippen molar-refractivity contribution in [2.24, 2.45) is 17.8 Å². The van der Waals surface area contributed by atoms with Crippen LogP contribution in [0.25, 0.3) is 72.8 Å². The molecule has 12 rings (SSSR count). The summed E-state index contributed by atoms with van der Waals surface area (Å²) >= 11 is 0. The molecule has 4 aliphatic rings. The van der Waals surface area contributed by atoms with Gasteiger partial charge in [0, 0.05) is 21.9 Å². The first kappa shape index (κ1) is 30.7. The van der Waals surface area contributed by atoms with Crippen LogP contribution in [0.5, 0.6) is 0 Å². The van der Waals surface area contributed by atoms with Gasteiger partial charge in [-0.2, -0.15) is 9.97 Å². The van der Waals surface area contributed by atoms with E-state index in [1.165, 1.54) is 77.1 Å². The van der Waals surface area contributed by atoms with Gasteiger partial charge in [-0.25, -0.2) is 4.98 Å². The summed E-state index contributed by atoms with van der Waals surface area (Å²) in [6, 6.07) is 54.5. The molecule has 2 heterocycles. The Hall–Kier alpha value is -5.87. The first-order valence-electron chi connectivity index (χ1n) is 19.3. The highest BCUT2D eigenvalue weighted by molar-refractivity contribution is 6.09. The molecule has 4 fully saturated rings. The summed E-state index contributed by atoms with van der Waals surface area (Å²) in [5.41, 5.74) is 11.0. The fourth-order valence-electron chi connectivity index (χ4n) is 10.9. The topological polar surface area (TPSA) is 43.6 Å². The second kappa shape index (κ2) is 12.1. The minimum absolute atomic E-state index is 0.173. The van der Waals surface area contributed by atoms with Crippen molar-refractivity contribution in [1.82, 2.24) is 19.5 Å². The SMILES string of the molecule is c1ccc(-c2nc(-c3cc(-c4ccccc4)c(C45CC6CC(CC(C6)C4)C5)c(-c4ccccc4)c3)nc(-n3c4ccccc4c4ccccc43)n2)cc1. The quantitative estimate of drug-likeness (QED) is 0.175. The molecule has 4 nitrogen and oxygen atoms in total. The van der Waals surface area contributed by atoms with Gasteiger partial charge in [0.25, 0.3) is 0 Å². The molecule has 6 aromatic carbocycles. The van der Waals surface area contributed by atoms with Crippen LogP contribution in [0.2, 0.25) is 0 Å². The third-order valence-corrected chi connectivity index (χ3v) is 12.6. The Bertz CT molecular complexity index is 2490. The van der Waals surface area contributed by atoms with Crippen molar-refractivity contribution >= 4 is 21.8 Å². The molecule has 0 unspecified atom stereocenters. The van der Waals surface area contributed by atoms with Crippen LogP contribution in [0, 0.1) is 17.8 Å². The van der Waals surface area contributed by atoms with Crippen LogP contribution in [0.15, 0.2) is 152 Å². The van der Waals surface area contributed by atoms with E-state index in [0.717, 1.165) is 39.9 Å². The summed E-state index contributed by atoms with van der Waals surface area (Å²) < 4.78 is 2.21. The highest BCUT2D eigenvalue weighted by Gasteiger charge is 2.53. The number of hydrogen-bond donors (Lipinski definition) is 0. The van der Waals surface area contributed by atoms with Crippen molar-refractivity contribution in [3.63, 3.8) is 0 Å². The molecule has 4 aliphatic carbocycles. The smallest absolute Gasteiger partial charge is 0.238 e. The molecule has 0 saturated heterocycles.